The summed E-state index contributed by atoms with van der Waals surface area (Å²) in [5, 5.41) is 12.0. The number of aromatic nitrogens is 3. The molecule has 3 aromatic rings. The minimum Gasteiger partial charge on any atom is -0.494 e. The molecular weight excluding hydrogens is 393 g/mol. The first-order chi connectivity index (χ1) is 14.1. The summed E-state index contributed by atoms with van der Waals surface area (Å²) in [6.07, 6.45) is 0. The molecular formula is C20H20FN5O2S. The maximum atomic E-state index is 13.2. The lowest BCUT2D eigenvalue weighted by Crippen LogP contribution is -2.14. The monoisotopic (exact) mass is 413 g/mol. The van der Waals surface area contributed by atoms with Crippen molar-refractivity contribution >= 4 is 35.0 Å². The second kappa shape index (κ2) is 8.52. The highest BCUT2D eigenvalue weighted by Gasteiger charge is 2.26. The largest absolute Gasteiger partial charge is 0.494 e. The number of halogens is 1. The Morgan fingerprint density at radius 2 is 1.90 bits per heavy atom. The molecule has 2 heterocycles. The fraction of sp³-hybridized carbons (Fsp3) is 0.250. The maximum Gasteiger partial charge on any atom is 0.234 e. The lowest BCUT2D eigenvalue weighted by Gasteiger charge is -2.14. The molecule has 1 aliphatic rings. The zero-order chi connectivity index (χ0) is 20.2. The Bertz CT molecular complexity index is 991. The highest BCUT2D eigenvalue weighted by Crippen LogP contribution is 2.32. The predicted molar refractivity (Wildman–Crippen MR) is 110 cm³/mol. The molecule has 0 bridgehead atoms. The van der Waals surface area contributed by atoms with E-state index in [0.29, 0.717) is 29.9 Å². The minimum atomic E-state index is -0.274. The third-order valence-electron chi connectivity index (χ3n) is 4.41. The molecule has 2 aromatic carbocycles. The highest BCUT2D eigenvalue weighted by molar-refractivity contribution is 7.99. The Hall–Kier alpha value is -3.07. The molecule has 1 aliphatic heterocycles. The number of ether oxygens (including phenoxy) is 1. The van der Waals surface area contributed by atoms with Gasteiger partial charge in [-0.25, -0.2) is 4.39 Å². The van der Waals surface area contributed by atoms with E-state index in [2.05, 4.69) is 15.5 Å². The summed E-state index contributed by atoms with van der Waals surface area (Å²) in [5.74, 6) is 1.30. The molecule has 0 saturated heterocycles. The van der Waals surface area contributed by atoms with E-state index in [1.807, 2.05) is 40.7 Å². The molecule has 0 aliphatic carbocycles. The van der Waals surface area contributed by atoms with Crippen LogP contribution in [0, 0.1) is 5.82 Å². The second-order valence-corrected chi connectivity index (χ2v) is 7.30. The third kappa shape index (κ3) is 4.34. The van der Waals surface area contributed by atoms with Crippen LogP contribution in [0.4, 0.5) is 21.7 Å². The van der Waals surface area contributed by atoms with Gasteiger partial charge in [0.1, 0.15) is 11.6 Å². The quantitative estimate of drug-likeness (QED) is 0.596. The predicted octanol–water partition coefficient (Wildman–Crippen LogP) is 3.70. The average Bonchev–Trinajstić information content (AvgIpc) is 3.31. The van der Waals surface area contributed by atoms with Crippen molar-refractivity contribution in [2.24, 2.45) is 0 Å². The second-order valence-electron chi connectivity index (χ2n) is 6.36. The molecule has 1 aromatic heterocycles. The highest BCUT2D eigenvalue weighted by atomic mass is 32.2. The van der Waals surface area contributed by atoms with E-state index in [9.17, 15) is 9.18 Å². The summed E-state index contributed by atoms with van der Waals surface area (Å²) in [7, 11) is 0. The standard InChI is InChI=1S/C20H20FN5O2S/c1-2-28-17-9-5-15(6-10-17)22-18(27)13-29-20-24-23-19-25(11-12-26(19)20)16-7-3-14(21)4-8-16/h3-10H,2,11-13H2,1H3,(H,22,27). The van der Waals surface area contributed by atoms with Crippen LogP contribution >= 0.6 is 11.8 Å². The van der Waals surface area contributed by atoms with Crippen molar-refractivity contribution in [2.45, 2.75) is 18.6 Å². The van der Waals surface area contributed by atoms with Gasteiger partial charge < -0.3 is 15.0 Å². The van der Waals surface area contributed by atoms with E-state index < -0.39 is 0 Å². The van der Waals surface area contributed by atoms with Crippen LogP contribution in [-0.2, 0) is 11.3 Å². The Labute approximate surface area is 171 Å². The summed E-state index contributed by atoms with van der Waals surface area (Å²) in [5.41, 5.74) is 1.58. The Balaban J connectivity index is 1.36. The molecule has 0 saturated carbocycles. The van der Waals surface area contributed by atoms with Crippen LogP contribution in [0.5, 0.6) is 5.75 Å². The lowest BCUT2D eigenvalue weighted by atomic mass is 10.3. The fourth-order valence-corrected chi connectivity index (χ4v) is 3.84. The molecule has 0 spiro atoms. The smallest absolute Gasteiger partial charge is 0.234 e. The van der Waals surface area contributed by atoms with Gasteiger partial charge in [0.25, 0.3) is 0 Å². The van der Waals surface area contributed by atoms with E-state index in [-0.39, 0.29) is 17.5 Å². The molecule has 7 nitrogen and oxygen atoms in total. The van der Waals surface area contributed by atoms with Crippen LogP contribution in [0.3, 0.4) is 0 Å². The van der Waals surface area contributed by atoms with Crippen molar-refractivity contribution in [1.82, 2.24) is 14.8 Å². The first-order valence-electron chi connectivity index (χ1n) is 9.26. The molecule has 1 amide bonds. The van der Waals surface area contributed by atoms with E-state index in [4.69, 9.17) is 4.74 Å². The van der Waals surface area contributed by atoms with Crippen LogP contribution in [0.15, 0.2) is 53.7 Å². The van der Waals surface area contributed by atoms with Crippen LogP contribution in [-0.4, -0.2) is 39.6 Å². The summed E-state index contributed by atoms with van der Waals surface area (Å²) in [6.45, 7) is 3.96. The number of rotatable bonds is 7. The lowest BCUT2D eigenvalue weighted by molar-refractivity contribution is -0.113. The topological polar surface area (TPSA) is 72.3 Å². The van der Waals surface area contributed by atoms with E-state index in [1.165, 1.54) is 23.9 Å². The van der Waals surface area contributed by atoms with Crippen molar-refractivity contribution in [3.8, 4) is 5.75 Å². The Morgan fingerprint density at radius 3 is 2.62 bits per heavy atom. The number of thioether (sulfide) groups is 1. The number of carbonyl (C=O) groups is 1. The van der Waals surface area contributed by atoms with Gasteiger partial charge in [-0.1, -0.05) is 11.8 Å². The molecule has 9 heteroatoms. The van der Waals surface area contributed by atoms with Gasteiger partial charge >= 0.3 is 0 Å². The van der Waals surface area contributed by atoms with E-state index in [1.54, 1.807) is 12.1 Å². The number of nitrogens with one attached hydrogen (secondary N) is 1. The fourth-order valence-electron chi connectivity index (χ4n) is 3.08. The normalized spacial score (nSPS) is 12.7. The number of carbonyl (C=O) groups excluding carboxylic acids is 1. The summed E-state index contributed by atoms with van der Waals surface area (Å²) in [6, 6.07) is 13.5. The van der Waals surface area contributed by atoms with E-state index in [0.717, 1.165) is 18.0 Å². The van der Waals surface area contributed by atoms with Crippen molar-refractivity contribution in [1.29, 1.82) is 0 Å². The van der Waals surface area contributed by atoms with Gasteiger partial charge in [0.2, 0.25) is 11.9 Å². The summed E-state index contributed by atoms with van der Waals surface area (Å²) >= 11 is 1.34. The van der Waals surface area contributed by atoms with E-state index >= 15 is 0 Å². The van der Waals surface area contributed by atoms with Crippen molar-refractivity contribution in [3.63, 3.8) is 0 Å². The van der Waals surface area contributed by atoms with Gasteiger partial charge in [0.15, 0.2) is 5.16 Å². The Morgan fingerprint density at radius 1 is 1.14 bits per heavy atom. The number of benzene rings is 2. The number of hydrogen-bond donors (Lipinski definition) is 1. The third-order valence-corrected chi connectivity index (χ3v) is 5.37. The minimum absolute atomic E-state index is 0.120. The first kappa shape index (κ1) is 19.3. The first-order valence-corrected chi connectivity index (χ1v) is 10.2. The number of anilines is 3. The van der Waals surface area contributed by atoms with Crippen molar-refractivity contribution in [3.05, 3.63) is 54.3 Å². The maximum absolute atomic E-state index is 13.2. The van der Waals surface area contributed by atoms with Crippen LogP contribution in [0.25, 0.3) is 0 Å². The van der Waals surface area contributed by atoms with Gasteiger partial charge in [-0.2, -0.15) is 0 Å². The Kier molecular flexibility index (Phi) is 5.66. The van der Waals surface area contributed by atoms with Crippen molar-refractivity contribution < 1.29 is 13.9 Å². The number of fused-ring (bicyclic) bond motifs is 1. The van der Waals surface area contributed by atoms with Gasteiger partial charge in [-0.15, -0.1) is 10.2 Å². The zero-order valence-corrected chi connectivity index (χ0v) is 16.7. The molecule has 0 unspecified atom stereocenters. The van der Waals surface area contributed by atoms with Crippen molar-refractivity contribution in [2.75, 3.05) is 29.1 Å². The zero-order valence-electron chi connectivity index (χ0n) is 15.8. The van der Waals surface area contributed by atoms with Gasteiger partial charge in [-0.3, -0.25) is 9.36 Å². The van der Waals surface area contributed by atoms with Crippen LogP contribution in [0.1, 0.15) is 6.92 Å². The number of nitrogens with zero attached hydrogens (tertiary/aromatic N) is 4. The number of amides is 1. The molecule has 0 fully saturated rings. The molecule has 4 rings (SSSR count). The van der Waals surface area contributed by atoms with Gasteiger partial charge in [-0.05, 0) is 55.5 Å². The van der Waals surface area contributed by atoms with Gasteiger partial charge in [0, 0.05) is 24.5 Å². The molecule has 0 atom stereocenters. The molecule has 1 N–H and O–H groups in total. The average molecular weight is 413 g/mol. The molecule has 29 heavy (non-hydrogen) atoms. The van der Waals surface area contributed by atoms with Gasteiger partial charge in [0.05, 0.1) is 12.4 Å². The summed E-state index contributed by atoms with van der Waals surface area (Å²) < 4.78 is 20.5. The van der Waals surface area contributed by atoms with Crippen LogP contribution < -0.4 is 15.0 Å². The molecule has 0 radical (unpaired) electrons. The molecule has 150 valence electrons. The summed E-state index contributed by atoms with van der Waals surface area (Å²) in [4.78, 5) is 14.3. The number of hydrogen-bond acceptors (Lipinski definition) is 6. The SMILES string of the molecule is CCOc1ccc(NC(=O)CSc2nnc3n2CCN3c2ccc(F)cc2)cc1. The van der Waals surface area contributed by atoms with Crippen LogP contribution in [0.2, 0.25) is 0 Å².